The Morgan fingerprint density at radius 3 is 2.76 bits per heavy atom. The SMILES string of the molecule is Cn1ncc(-c2ccc3cnc(NC(=O)c4ccnc(N5CCOCC5)c4)cc3c2)c1CO. The number of nitrogens with zero attached hydrogens (tertiary/aromatic N) is 5. The number of carbonyl (C=O) groups excluding carboxylic acids is 1. The number of hydrogen-bond acceptors (Lipinski definition) is 7. The van der Waals surface area contributed by atoms with Gasteiger partial charge in [0.2, 0.25) is 0 Å². The van der Waals surface area contributed by atoms with Crippen LogP contribution in [-0.2, 0) is 18.4 Å². The van der Waals surface area contributed by atoms with E-state index in [9.17, 15) is 9.90 Å². The van der Waals surface area contributed by atoms with Crippen molar-refractivity contribution in [2.24, 2.45) is 7.05 Å². The average molecular weight is 444 g/mol. The number of anilines is 2. The Kier molecular flexibility index (Phi) is 5.72. The first kappa shape index (κ1) is 21.0. The first-order valence-electron chi connectivity index (χ1n) is 10.7. The maximum absolute atomic E-state index is 12.9. The minimum absolute atomic E-state index is 0.0973. The highest BCUT2D eigenvalue weighted by molar-refractivity contribution is 6.05. The van der Waals surface area contributed by atoms with Crippen molar-refractivity contribution in [1.29, 1.82) is 0 Å². The average Bonchev–Trinajstić information content (AvgIpc) is 3.24. The molecule has 0 bridgehead atoms. The lowest BCUT2D eigenvalue weighted by molar-refractivity contribution is 0.102. The smallest absolute Gasteiger partial charge is 0.257 e. The largest absolute Gasteiger partial charge is 0.390 e. The molecule has 1 aliphatic rings. The normalized spacial score (nSPS) is 13.9. The van der Waals surface area contributed by atoms with Crippen molar-refractivity contribution in [2.75, 3.05) is 36.5 Å². The molecule has 9 heteroatoms. The second-order valence-electron chi connectivity index (χ2n) is 7.87. The lowest BCUT2D eigenvalue weighted by Crippen LogP contribution is -2.36. The van der Waals surface area contributed by atoms with E-state index in [0.29, 0.717) is 24.6 Å². The van der Waals surface area contributed by atoms with E-state index in [1.807, 2.05) is 24.3 Å². The number of aliphatic hydroxyl groups is 1. The molecule has 1 fully saturated rings. The van der Waals surface area contributed by atoms with Crippen molar-refractivity contribution in [3.05, 3.63) is 66.2 Å². The molecule has 0 atom stereocenters. The van der Waals surface area contributed by atoms with E-state index in [0.717, 1.165) is 46.5 Å². The lowest BCUT2D eigenvalue weighted by atomic mass is 10.0. The number of aliphatic hydroxyl groups excluding tert-OH is 1. The summed E-state index contributed by atoms with van der Waals surface area (Å²) in [5, 5.41) is 18.7. The quantitative estimate of drug-likeness (QED) is 0.487. The van der Waals surface area contributed by atoms with Gasteiger partial charge in [-0.1, -0.05) is 12.1 Å². The van der Waals surface area contributed by atoms with Gasteiger partial charge >= 0.3 is 0 Å². The fourth-order valence-corrected chi connectivity index (χ4v) is 3.98. The molecule has 168 valence electrons. The maximum Gasteiger partial charge on any atom is 0.257 e. The van der Waals surface area contributed by atoms with Gasteiger partial charge in [0, 0.05) is 49.0 Å². The summed E-state index contributed by atoms with van der Waals surface area (Å²) in [4.78, 5) is 23.8. The summed E-state index contributed by atoms with van der Waals surface area (Å²) in [6.07, 6.45) is 5.12. The van der Waals surface area contributed by atoms with Gasteiger partial charge in [-0.2, -0.15) is 5.10 Å². The first-order chi connectivity index (χ1) is 16.1. The Balaban J connectivity index is 1.39. The van der Waals surface area contributed by atoms with Crippen molar-refractivity contribution in [1.82, 2.24) is 19.7 Å². The second-order valence-corrected chi connectivity index (χ2v) is 7.87. The Morgan fingerprint density at radius 2 is 1.94 bits per heavy atom. The highest BCUT2D eigenvalue weighted by Crippen LogP contribution is 2.28. The monoisotopic (exact) mass is 444 g/mol. The third kappa shape index (κ3) is 4.28. The van der Waals surface area contributed by atoms with Gasteiger partial charge in [0.15, 0.2) is 0 Å². The molecule has 1 saturated heterocycles. The number of ether oxygens (including phenoxy) is 1. The topological polar surface area (TPSA) is 105 Å². The van der Waals surface area contributed by atoms with Crippen LogP contribution >= 0.6 is 0 Å². The van der Waals surface area contributed by atoms with E-state index in [-0.39, 0.29) is 12.5 Å². The number of morpholine rings is 1. The number of hydrogen-bond donors (Lipinski definition) is 2. The van der Waals surface area contributed by atoms with Gasteiger partial charge in [0.25, 0.3) is 5.91 Å². The molecule has 4 heterocycles. The Morgan fingerprint density at radius 1 is 1.09 bits per heavy atom. The summed E-state index contributed by atoms with van der Waals surface area (Å²) in [6.45, 7) is 2.71. The zero-order valence-electron chi connectivity index (χ0n) is 18.2. The molecule has 1 amide bonds. The van der Waals surface area contributed by atoms with E-state index in [2.05, 4.69) is 25.3 Å². The number of fused-ring (bicyclic) bond motifs is 1. The van der Waals surface area contributed by atoms with Gasteiger partial charge < -0.3 is 20.1 Å². The van der Waals surface area contributed by atoms with E-state index >= 15 is 0 Å². The van der Waals surface area contributed by atoms with Crippen molar-refractivity contribution in [2.45, 2.75) is 6.61 Å². The van der Waals surface area contributed by atoms with Crippen LogP contribution in [-0.4, -0.2) is 57.1 Å². The van der Waals surface area contributed by atoms with Gasteiger partial charge in [0.1, 0.15) is 11.6 Å². The molecule has 9 nitrogen and oxygen atoms in total. The summed E-state index contributed by atoms with van der Waals surface area (Å²) < 4.78 is 7.05. The van der Waals surface area contributed by atoms with Gasteiger partial charge in [-0.15, -0.1) is 0 Å². The van der Waals surface area contributed by atoms with Gasteiger partial charge in [-0.05, 0) is 35.2 Å². The molecular weight excluding hydrogens is 420 g/mol. The lowest BCUT2D eigenvalue weighted by Gasteiger charge is -2.27. The number of aromatic nitrogens is 4. The van der Waals surface area contributed by atoms with Crippen molar-refractivity contribution < 1.29 is 14.6 Å². The molecule has 0 unspecified atom stereocenters. The molecule has 33 heavy (non-hydrogen) atoms. The minimum Gasteiger partial charge on any atom is -0.390 e. The Bertz CT molecular complexity index is 1310. The van der Waals surface area contributed by atoms with Crippen LogP contribution in [0.25, 0.3) is 21.9 Å². The summed E-state index contributed by atoms with van der Waals surface area (Å²) in [7, 11) is 1.80. The van der Waals surface area contributed by atoms with E-state index in [1.165, 1.54) is 0 Å². The molecule has 4 aromatic rings. The maximum atomic E-state index is 12.9. The number of pyridine rings is 2. The fourth-order valence-electron chi connectivity index (χ4n) is 3.98. The van der Waals surface area contributed by atoms with Gasteiger partial charge in [-0.25, -0.2) is 9.97 Å². The molecule has 0 radical (unpaired) electrons. The van der Waals surface area contributed by atoms with E-state index in [4.69, 9.17) is 4.74 Å². The minimum atomic E-state index is -0.246. The summed E-state index contributed by atoms with van der Waals surface area (Å²) >= 11 is 0. The zero-order valence-corrected chi connectivity index (χ0v) is 18.2. The molecule has 0 spiro atoms. The summed E-state index contributed by atoms with van der Waals surface area (Å²) in [5.41, 5.74) is 3.07. The molecule has 0 saturated carbocycles. The number of nitrogens with one attached hydrogen (secondary N) is 1. The molecule has 1 aliphatic heterocycles. The highest BCUT2D eigenvalue weighted by atomic mass is 16.5. The highest BCUT2D eigenvalue weighted by Gasteiger charge is 2.15. The van der Waals surface area contributed by atoms with E-state index < -0.39 is 0 Å². The Hall–Kier alpha value is -3.82. The molecule has 0 aliphatic carbocycles. The summed E-state index contributed by atoms with van der Waals surface area (Å²) in [6, 6.07) is 11.3. The molecule has 5 rings (SSSR count). The number of aryl methyl sites for hydroxylation is 1. The number of carbonyl (C=O) groups is 1. The van der Waals surface area contributed by atoms with Crippen LogP contribution in [0.5, 0.6) is 0 Å². The van der Waals surface area contributed by atoms with Crippen LogP contribution in [0, 0.1) is 0 Å². The van der Waals surface area contributed by atoms with E-state index in [1.54, 1.807) is 42.5 Å². The predicted molar refractivity (Wildman–Crippen MR) is 125 cm³/mol. The molecule has 2 N–H and O–H groups in total. The zero-order chi connectivity index (χ0) is 22.8. The van der Waals surface area contributed by atoms with Gasteiger partial charge in [-0.3, -0.25) is 9.48 Å². The number of rotatable bonds is 5. The van der Waals surface area contributed by atoms with Crippen LogP contribution in [0.2, 0.25) is 0 Å². The van der Waals surface area contributed by atoms with Crippen LogP contribution < -0.4 is 10.2 Å². The fraction of sp³-hybridized carbons (Fsp3) is 0.250. The first-order valence-corrected chi connectivity index (χ1v) is 10.7. The third-order valence-electron chi connectivity index (χ3n) is 5.83. The third-order valence-corrected chi connectivity index (χ3v) is 5.83. The van der Waals surface area contributed by atoms with Crippen LogP contribution in [0.15, 0.2) is 55.0 Å². The molecular formula is C24H24N6O3. The number of benzene rings is 1. The molecule has 3 aromatic heterocycles. The van der Waals surface area contributed by atoms with Crippen molar-refractivity contribution >= 4 is 28.3 Å². The van der Waals surface area contributed by atoms with Gasteiger partial charge in [0.05, 0.1) is 31.7 Å². The second kappa shape index (κ2) is 8.97. The van der Waals surface area contributed by atoms with Crippen LogP contribution in [0.4, 0.5) is 11.6 Å². The van der Waals surface area contributed by atoms with Crippen molar-refractivity contribution in [3.8, 4) is 11.1 Å². The summed E-state index contributed by atoms with van der Waals surface area (Å²) in [5.74, 6) is 0.978. The number of amides is 1. The van der Waals surface area contributed by atoms with Crippen LogP contribution in [0.1, 0.15) is 16.1 Å². The molecule has 1 aromatic carbocycles. The van der Waals surface area contributed by atoms with Crippen molar-refractivity contribution in [3.63, 3.8) is 0 Å². The standard InChI is InChI=1S/C24H24N6O3/c1-29-21(15-31)20(14-27-29)16-2-3-18-13-26-22(11-19(18)10-16)28-24(32)17-4-5-25-23(12-17)30-6-8-33-9-7-30/h2-5,10-14,31H,6-9,15H2,1H3,(H,26,28,32). The van der Waals surface area contributed by atoms with Crippen LogP contribution in [0.3, 0.4) is 0 Å². The predicted octanol–water partition coefficient (Wildman–Crippen LogP) is 2.61. The Labute approximate surface area is 190 Å².